The predicted octanol–water partition coefficient (Wildman–Crippen LogP) is 3.90. The smallest absolute Gasteiger partial charge is 0.369 e. The monoisotopic (exact) mass is 430 g/mol. The van der Waals surface area contributed by atoms with Gasteiger partial charge in [-0.25, -0.2) is 9.97 Å². The number of hydrogen-bond donors (Lipinski definition) is 1. The second-order valence-electron chi connectivity index (χ2n) is 7.20. The molecule has 0 aliphatic carbocycles. The van der Waals surface area contributed by atoms with E-state index >= 15 is 0 Å². The van der Waals surface area contributed by atoms with Crippen LogP contribution in [-0.4, -0.2) is 40.5 Å². The van der Waals surface area contributed by atoms with Crippen molar-refractivity contribution in [1.29, 1.82) is 5.26 Å². The van der Waals surface area contributed by atoms with E-state index < -0.39 is 23.5 Å². The van der Waals surface area contributed by atoms with Gasteiger partial charge in [-0.15, -0.1) is 0 Å². The van der Waals surface area contributed by atoms with Gasteiger partial charge in [0.2, 0.25) is 5.95 Å². The Hall–Kier alpha value is -2.87. The molecule has 0 saturated carbocycles. The van der Waals surface area contributed by atoms with E-state index in [1.807, 2.05) is 17.9 Å². The Kier molecular flexibility index (Phi) is 5.41. The number of hydrogen-bond acceptors (Lipinski definition) is 5. The molecule has 30 heavy (non-hydrogen) atoms. The number of nitrogens with zero attached hydrogens (tertiary/aromatic N) is 4. The first kappa shape index (κ1) is 21.8. The van der Waals surface area contributed by atoms with E-state index in [0.717, 1.165) is 0 Å². The molecule has 3 rings (SSSR count). The van der Waals surface area contributed by atoms with Crippen LogP contribution < -0.4 is 4.90 Å². The molecule has 2 heterocycles. The molecule has 2 atom stereocenters. The quantitative estimate of drug-likeness (QED) is 0.748. The van der Waals surface area contributed by atoms with Crippen molar-refractivity contribution >= 4 is 5.95 Å². The lowest BCUT2D eigenvalue weighted by Gasteiger charge is -2.32. The summed E-state index contributed by atoms with van der Waals surface area (Å²) in [5.74, 6) is 0.200. The number of alkyl halides is 6. The van der Waals surface area contributed by atoms with Crippen LogP contribution in [0.3, 0.4) is 0 Å². The minimum absolute atomic E-state index is 0.0132. The molecule has 1 unspecified atom stereocenters. The standard InChI is InChI=1S/C19H16F6N4O/c1-11-9-29(16-27-7-12(6-26)8-28-16)10-15(11)13-2-4-14(5-3-13)17(30,18(20,21)22)19(23,24)25/h2-5,7-8,11,15,30H,9-10H2,1H3/t11?,15-/m0/s1. The predicted molar refractivity (Wildman–Crippen MR) is 93.3 cm³/mol. The topological polar surface area (TPSA) is 73.0 Å². The van der Waals surface area contributed by atoms with E-state index in [4.69, 9.17) is 5.26 Å². The third-order valence-electron chi connectivity index (χ3n) is 5.24. The van der Waals surface area contributed by atoms with E-state index in [2.05, 4.69) is 9.97 Å². The highest BCUT2D eigenvalue weighted by Crippen LogP contribution is 2.50. The van der Waals surface area contributed by atoms with E-state index in [1.165, 1.54) is 24.5 Å². The Morgan fingerprint density at radius 2 is 1.53 bits per heavy atom. The van der Waals surface area contributed by atoms with Crippen molar-refractivity contribution in [3.8, 4) is 6.07 Å². The van der Waals surface area contributed by atoms with E-state index in [0.29, 0.717) is 42.3 Å². The number of rotatable bonds is 3. The zero-order chi connectivity index (χ0) is 22.3. The summed E-state index contributed by atoms with van der Waals surface area (Å²) in [6.45, 7) is 2.81. The minimum atomic E-state index is -5.92. The van der Waals surface area contributed by atoms with Crippen LogP contribution in [0.5, 0.6) is 0 Å². The first-order chi connectivity index (χ1) is 13.9. The van der Waals surface area contributed by atoms with Gasteiger partial charge in [0.1, 0.15) is 6.07 Å². The summed E-state index contributed by atoms with van der Waals surface area (Å²) in [6, 6.07) is 5.55. The summed E-state index contributed by atoms with van der Waals surface area (Å²) in [5, 5.41) is 18.3. The largest absolute Gasteiger partial charge is 0.430 e. The van der Waals surface area contributed by atoms with Gasteiger partial charge in [-0.1, -0.05) is 31.2 Å². The molecule has 1 N–H and O–H groups in total. The van der Waals surface area contributed by atoms with Crippen LogP contribution in [0, 0.1) is 17.2 Å². The second kappa shape index (κ2) is 7.43. The lowest BCUT2D eigenvalue weighted by atomic mass is 9.86. The molecule has 1 aromatic heterocycles. The van der Waals surface area contributed by atoms with Crippen molar-refractivity contribution in [2.24, 2.45) is 5.92 Å². The third-order valence-corrected chi connectivity index (χ3v) is 5.24. The highest BCUT2D eigenvalue weighted by Gasteiger charge is 2.71. The van der Waals surface area contributed by atoms with Crippen molar-refractivity contribution in [2.45, 2.75) is 30.8 Å². The summed E-state index contributed by atoms with van der Waals surface area (Å²) >= 11 is 0. The zero-order valence-electron chi connectivity index (χ0n) is 15.5. The Morgan fingerprint density at radius 1 is 1.00 bits per heavy atom. The maximum Gasteiger partial charge on any atom is 0.430 e. The number of halogens is 6. The summed E-state index contributed by atoms with van der Waals surface area (Å²) in [6.07, 6.45) is -9.11. The van der Waals surface area contributed by atoms with Crippen LogP contribution in [0.2, 0.25) is 0 Å². The highest BCUT2D eigenvalue weighted by atomic mass is 19.4. The summed E-state index contributed by atoms with van der Waals surface area (Å²) < 4.78 is 78.2. The molecule has 1 aromatic carbocycles. The SMILES string of the molecule is CC1CN(c2ncc(C#N)cn2)C[C@@H]1c1ccc(C(O)(C(F)(F)F)C(F)(F)F)cc1. The van der Waals surface area contributed by atoms with Gasteiger partial charge >= 0.3 is 12.4 Å². The van der Waals surface area contributed by atoms with Crippen LogP contribution in [0.25, 0.3) is 0 Å². The highest BCUT2D eigenvalue weighted by molar-refractivity contribution is 5.39. The van der Waals surface area contributed by atoms with Crippen LogP contribution in [0.15, 0.2) is 36.7 Å². The molecule has 5 nitrogen and oxygen atoms in total. The second-order valence-corrected chi connectivity index (χ2v) is 7.20. The molecule has 0 bridgehead atoms. The van der Waals surface area contributed by atoms with Gasteiger partial charge in [0.15, 0.2) is 0 Å². The first-order valence-electron chi connectivity index (χ1n) is 8.82. The average Bonchev–Trinajstić information content (AvgIpc) is 3.07. The molecular formula is C19H16F6N4O. The Bertz CT molecular complexity index is 920. The average molecular weight is 430 g/mol. The number of benzene rings is 1. The first-order valence-corrected chi connectivity index (χ1v) is 8.82. The molecule has 1 fully saturated rings. The Balaban J connectivity index is 1.84. The van der Waals surface area contributed by atoms with Gasteiger partial charge in [0.25, 0.3) is 5.60 Å². The minimum Gasteiger partial charge on any atom is -0.369 e. The molecule has 0 amide bonds. The maximum atomic E-state index is 13.0. The normalized spacial score (nSPS) is 20.3. The molecule has 11 heteroatoms. The summed E-state index contributed by atoms with van der Waals surface area (Å²) in [7, 11) is 0. The van der Waals surface area contributed by atoms with Crippen molar-refractivity contribution < 1.29 is 31.4 Å². The van der Waals surface area contributed by atoms with Crippen molar-refractivity contribution in [3.63, 3.8) is 0 Å². The molecule has 160 valence electrons. The molecule has 1 saturated heterocycles. The van der Waals surface area contributed by atoms with Gasteiger partial charge in [-0.05, 0) is 11.5 Å². The number of aliphatic hydroxyl groups is 1. The van der Waals surface area contributed by atoms with Gasteiger partial charge in [0.05, 0.1) is 18.0 Å². The van der Waals surface area contributed by atoms with Crippen molar-refractivity contribution in [1.82, 2.24) is 9.97 Å². The van der Waals surface area contributed by atoms with E-state index in [9.17, 15) is 31.4 Å². The number of aromatic nitrogens is 2. The fourth-order valence-electron chi connectivity index (χ4n) is 3.57. The van der Waals surface area contributed by atoms with Crippen LogP contribution in [-0.2, 0) is 5.60 Å². The summed E-state index contributed by atoms with van der Waals surface area (Å²) in [5.41, 5.74) is -5.40. The Labute approximate surface area is 167 Å². The van der Waals surface area contributed by atoms with Gasteiger partial charge < -0.3 is 10.0 Å². The van der Waals surface area contributed by atoms with Crippen LogP contribution in [0.4, 0.5) is 32.3 Å². The fourth-order valence-corrected chi connectivity index (χ4v) is 3.57. The fraction of sp³-hybridized carbons (Fsp3) is 0.421. The third kappa shape index (κ3) is 3.67. The van der Waals surface area contributed by atoms with Gasteiger partial charge in [-0.2, -0.15) is 31.6 Å². The van der Waals surface area contributed by atoms with Crippen LogP contribution in [0.1, 0.15) is 29.5 Å². The van der Waals surface area contributed by atoms with Gasteiger partial charge in [0, 0.05) is 24.6 Å². The zero-order valence-corrected chi connectivity index (χ0v) is 15.5. The van der Waals surface area contributed by atoms with E-state index in [-0.39, 0.29) is 11.8 Å². The van der Waals surface area contributed by atoms with E-state index in [1.54, 1.807) is 0 Å². The number of anilines is 1. The van der Waals surface area contributed by atoms with Crippen LogP contribution >= 0.6 is 0 Å². The Morgan fingerprint density at radius 3 is 2.00 bits per heavy atom. The molecule has 1 aliphatic rings. The summed E-state index contributed by atoms with van der Waals surface area (Å²) in [4.78, 5) is 10.0. The van der Waals surface area contributed by atoms with Crippen molar-refractivity contribution in [3.05, 3.63) is 53.3 Å². The molecule has 0 spiro atoms. The maximum absolute atomic E-state index is 13.0. The lowest BCUT2D eigenvalue weighted by molar-refractivity contribution is -0.376. The molecule has 1 aliphatic heterocycles. The molecule has 0 radical (unpaired) electrons. The van der Waals surface area contributed by atoms with Crippen molar-refractivity contribution in [2.75, 3.05) is 18.0 Å². The lowest BCUT2D eigenvalue weighted by Crippen LogP contribution is -2.53. The molecular weight excluding hydrogens is 414 g/mol. The number of nitriles is 1. The van der Waals surface area contributed by atoms with Gasteiger partial charge in [-0.3, -0.25) is 0 Å². The molecule has 2 aromatic rings.